The molecule has 0 saturated carbocycles. The van der Waals surface area contributed by atoms with Gasteiger partial charge in [0, 0.05) is 33.5 Å². The van der Waals surface area contributed by atoms with Crippen LogP contribution in [-0.2, 0) is 25.7 Å². The van der Waals surface area contributed by atoms with Crippen LogP contribution in [0.25, 0.3) is 38.5 Å². The minimum absolute atomic E-state index is 0.168. The van der Waals surface area contributed by atoms with Crippen molar-refractivity contribution in [2.45, 2.75) is 53.4 Å². The maximum Gasteiger partial charge on any atom is 0.223 e. The number of aryl methyl sites for hydroxylation is 4. The topological polar surface area (TPSA) is 60.2 Å². The van der Waals surface area contributed by atoms with E-state index in [1.165, 1.54) is 16.3 Å². The maximum absolute atomic E-state index is 10.6. The van der Waals surface area contributed by atoms with Gasteiger partial charge in [0.15, 0.2) is 0 Å². The number of hydrogen-bond acceptors (Lipinski definition) is 4. The summed E-state index contributed by atoms with van der Waals surface area (Å²) in [5.74, 6) is 2.32. The fourth-order valence-electron chi connectivity index (χ4n) is 5.61. The Bertz CT molecular complexity index is 1850. The number of phenols is 1. The normalized spacial score (nSPS) is 11.6. The average molecular weight is 516 g/mol. The van der Waals surface area contributed by atoms with Crippen LogP contribution in [0.1, 0.15) is 50.1 Å². The lowest BCUT2D eigenvalue weighted by molar-refractivity contribution is 0.454. The average Bonchev–Trinajstić information content (AvgIpc) is 3.31. The largest absolute Gasteiger partial charge is 0.506 e. The van der Waals surface area contributed by atoms with Crippen LogP contribution in [0, 0.1) is 0 Å². The first kappa shape index (κ1) is 24.9. The van der Waals surface area contributed by atoms with Crippen LogP contribution in [0.3, 0.4) is 0 Å². The molecule has 3 aromatic carbocycles. The van der Waals surface area contributed by atoms with Gasteiger partial charge < -0.3 is 9.84 Å². The van der Waals surface area contributed by atoms with Gasteiger partial charge in [0.1, 0.15) is 22.8 Å². The molecule has 0 amide bonds. The summed E-state index contributed by atoms with van der Waals surface area (Å²) in [4.78, 5) is 9.81. The minimum atomic E-state index is 0.168. The molecule has 6 rings (SSSR count). The molecule has 1 N–H and O–H groups in total. The van der Waals surface area contributed by atoms with Crippen LogP contribution >= 0.6 is 0 Å². The number of ether oxygens (including phenoxy) is 1. The zero-order valence-electron chi connectivity index (χ0n) is 23.0. The summed E-state index contributed by atoms with van der Waals surface area (Å²) in [5, 5.41) is 14.0. The number of pyridine rings is 2. The van der Waals surface area contributed by atoms with E-state index in [4.69, 9.17) is 14.7 Å². The van der Waals surface area contributed by atoms with Crippen molar-refractivity contribution in [3.63, 3.8) is 0 Å². The summed E-state index contributed by atoms with van der Waals surface area (Å²) in [6, 6.07) is 24.8. The summed E-state index contributed by atoms with van der Waals surface area (Å²) in [7, 11) is 0. The third kappa shape index (κ3) is 4.19. The predicted molar refractivity (Wildman–Crippen MR) is 160 cm³/mol. The van der Waals surface area contributed by atoms with E-state index < -0.39 is 0 Å². The molecule has 6 aromatic rings. The fourth-order valence-corrected chi connectivity index (χ4v) is 5.61. The first-order valence-corrected chi connectivity index (χ1v) is 13.9. The van der Waals surface area contributed by atoms with Gasteiger partial charge in [0.05, 0.1) is 11.0 Å². The summed E-state index contributed by atoms with van der Waals surface area (Å²) >= 11 is 0. The summed E-state index contributed by atoms with van der Waals surface area (Å²) < 4.78 is 8.80. The molecule has 0 spiro atoms. The standard InChI is InChI=1S/C34H33N3O2/c1-5-21-16-17-30(38)33-27(21)19-23(7-3)34(36-33)39-25-18-22(6-2)32-26-13-9-10-14-28(26)37(29(32)20-25)31-15-11-12-24(8-4)35-31/h9-20,38H,5-8H2,1-4H3. The molecule has 39 heavy (non-hydrogen) atoms. The van der Waals surface area contributed by atoms with Gasteiger partial charge in [-0.05, 0) is 73.2 Å². The number of para-hydroxylation sites is 1. The Morgan fingerprint density at radius 1 is 0.692 bits per heavy atom. The molecule has 0 aliphatic rings. The molecule has 5 nitrogen and oxygen atoms in total. The number of rotatable bonds is 7. The van der Waals surface area contributed by atoms with Crippen LogP contribution in [0.15, 0.2) is 72.8 Å². The van der Waals surface area contributed by atoms with E-state index in [2.05, 4.69) is 92.9 Å². The molecule has 0 unspecified atom stereocenters. The number of hydrogen-bond donors (Lipinski definition) is 1. The highest BCUT2D eigenvalue weighted by molar-refractivity contribution is 6.11. The molecular weight excluding hydrogens is 482 g/mol. The maximum atomic E-state index is 10.6. The van der Waals surface area contributed by atoms with E-state index in [1.54, 1.807) is 6.07 Å². The highest BCUT2D eigenvalue weighted by Gasteiger charge is 2.19. The summed E-state index contributed by atoms with van der Waals surface area (Å²) in [5.41, 5.74) is 7.20. The quantitative estimate of drug-likeness (QED) is 0.232. The van der Waals surface area contributed by atoms with E-state index in [-0.39, 0.29) is 5.75 Å². The van der Waals surface area contributed by atoms with Crippen LogP contribution < -0.4 is 4.74 Å². The van der Waals surface area contributed by atoms with Crippen LogP contribution in [-0.4, -0.2) is 19.6 Å². The predicted octanol–water partition coefficient (Wildman–Crippen LogP) is 8.47. The molecule has 0 bridgehead atoms. The molecule has 0 fully saturated rings. The molecular formula is C34H33N3O2. The zero-order chi connectivity index (χ0) is 27.1. The van der Waals surface area contributed by atoms with Gasteiger partial charge in [-0.1, -0.05) is 58.0 Å². The van der Waals surface area contributed by atoms with Crippen molar-refractivity contribution < 1.29 is 9.84 Å². The van der Waals surface area contributed by atoms with E-state index in [0.29, 0.717) is 11.4 Å². The molecule has 0 aliphatic heterocycles. The van der Waals surface area contributed by atoms with Gasteiger partial charge in [-0.15, -0.1) is 0 Å². The minimum Gasteiger partial charge on any atom is -0.506 e. The van der Waals surface area contributed by atoms with E-state index in [9.17, 15) is 5.11 Å². The summed E-state index contributed by atoms with van der Waals surface area (Å²) in [6.45, 7) is 8.53. The molecule has 0 atom stereocenters. The van der Waals surface area contributed by atoms with E-state index >= 15 is 0 Å². The second kappa shape index (κ2) is 10.1. The van der Waals surface area contributed by atoms with Crippen LogP contribution in [0.2, 0.25) is 0 Å². The van der Waals surface area contributed by atoms with Crippen molar-refractivity contribution in [3.8, 4) is 23.2 Å². The van der Waals surface area contributed by atoms with Crippen molar-refractivity contribution in [2.75, 3.05) is 0 Å². The molecule has 5 heteroatoms. The van der Waals surface area contributed by atoms with Gasteiger partial charge in [0.25, 0.3) is 0 Å². The first-order valence-electron chi connectivity index (χ1n) is 13.9. The molecule has 196 valence electrons. The highest BCUT2D eigenvalue weighted by atomic mass is 16.5. The Labute approximate surface area is 228 Å². The molecule has 3 aromatic heterocycles. The van der Waals surface area contributed by atoms with Crippen molar-refractivity contribution in [1.29, 1.82) is 0 Å². The van der Waals surface area contributed by atoms with E-state index in [0.717, 1.165) is 70.5 Å². The molecule has 0 aliphatic carbocycles. The Morgan fingerprint density at radius 3 is 2.26 bits per heavy atom. The number of fused-ring (bicyclic) bond motifs is 4. The number of benzene rings is 3. The number of nitrogens with zero attached hydrogens (tertiary/aromatic N) is 3. The Balaban J connectivity index is 1.58. The van der Waals surface area contributed by atoms with Gasteiger partial charge in [-0.2, -0.15) is 0 Å². The lowest BCUT2D eigenvalue weighted by Crippen LogP contribution is -2.01. The zero-order valence-corrected chi connectivity index (χ0v) is 23.0. The van der Waals surface area contributed by atoms with Gasteiger partial charge in [-0.3, -0.25) is 4.57 Å². The second-order valence-corrected chi connectivity index (χ2v) is 9.93. The fraction of sp³-hybridized carbons (Fsp3) is 0.235. The Kier molecular flexibility index (Phi) is 6.43. The van der Waals surface area contributed by atoms with Gasteiger partial charge in [0.2, 0.25) is 5.88 Å². The molecule has 0 radical (unpaired) electrons. The Hall–Kier alpha value is -4.38. The number of aromatic nitrogens is 3. The van der Waals surface area contributed by atoms with Crippen LogP contribution in [0.5, 0.6) is 17.4 Å². The first-order chi connectivity index (χ1) is 19.1. The summed E-state index contributed by atoms with van der Waals surface area (Å²) in [6.07, 6.45) is 3.38. The molecule has 0 saturated heterocycles. The molecule has 3 heterocycles. The van der Waals surface area contributed by atoms with Gasteiger partial charge in [-0.25, -0.2) is 9.97 Å². The number of phenolic OH excluding ortho intramolecular Hbond substituents is 1. The van der Waals surface area contributed by atoms with Crippen molar-refractivity contribution in [1.82, 2.24) is 14.5 Å². The number of aromatic hydroxyl groups is 1. The van der Waals surface area contributed by atoms with Crippen molar-refractivity contribution in [3.05, 3.63) is 95.2 Å². The highest BCUT2D eigenvalue weighted by Crippen LogP contribution is 2.39. The van der Waals surface area contributed by atoms with Gasteiger partial charge >= 0.3 is 0 Å². The smallest absolute Gasteiger partial charge is 0.223 e. The van der Waals surface area contributed by atoms with E-state index in [1.807, 2.05) is 6.07 Å². The second-order valence-electron chi connectivity index (χ2n) is 9.93. The van der Waals surface area contributed by atoms with Crippen molar-refractivity contribution >= 4 is 32.7 Å². The van der Waals surface area contributed by atoms with Crippen LogP contribution in [0.4, 0.5) is 0 Å². The lowest BCUT2D eigenvalue weighted by Gasteiger charge is -2.15. The third-order valence-electron chi connectivity index (χ3n) is 7.66. The third-order valence-corrected chi connectivity index (χ3v) is 7.66. The lowest BCUT2D eigenvalue weighted by atomic mass is 10.0. The van der Waals surface area contributed by atoms with Crippen molar-refractivity contribution in [2.24, 2.45) is 0 Å². The SMILES string of the molecule is CCc1cccc(-n2c3ccccc3c3c(CC)cc(Oc4nc5c(O)ccc(CC)c5cc4CC)cc32)n1. The monoisotopic (exact) mass is 515 g/mol. The Morgan fingerprint density at radius 2 is 1.49 bits per heavy atom.